The van der Waals surface area contributed by atoms with Crippen molar-refractivity contribution in [2.24, 2.45) is 17.8 Å². The molecule has 0 bridgehead atoms. The van der Waals surface area contributed by atoms with Crippen LogP contribution in [0.2, 0.25) is 18.1 Å². The Morgan fingerprint density at radius 2 is 1.38 bits per heavy atom. The van der Waals surface area contributed by atoms with E-state index in [0.717, 1.165) is 22.3 Å². The molecular formula is C56H59FN2O6Si. The van der Waals surface area contributed by atoms with Gasteiger partial charge in [0.1, 0.15) is 36.4 Å². The van der Waals surface area contributed by atoms with Crippen molar-refractivity contribution in [1.29, 1.82) is 0 Å². The van der Waals surface area contributed by atoms with Gasteiger partial charge in [-0.2, -0.15) is 0 Å². The van der Waals surface area contributed by atoms with Gasteiger partial charge in [0, 0.05) is 29.2 Å². The van der Waals surface area contributed by atoms with Crippen LogP contribution in [0.4, 0.5) is 15.8 Å². The number of benzene rings is 6. The largest absolute Gasteiger partial charge is 0.489 e. The number of carbonyl (C=O) groups excluding carboxylic acids is 2. The number of hydrogen-bond donors (Lipinski definition) is 1. The molecule has 340 valence electrons. The van der Waals surface area contributed by atoms with E-state index in [1.807, 2.05) is 121 Å². The Morgan fingerprint density at radius 1 is 0.788 bits per heavy atom. The zero-order valence-corrected chi connectivity index (χ0v) is 39.4. The van der Waals surface area contributed by atoms with Gasteiger partial charge in [-0.3, -0.25) is 9.59 Å². The fourth-order valence-electron chi connectivity index (χ4n) is 8.22. The number of hydrogen-bond acceptors (Lipinski definition) is 7. The van der Waals surface area contributed by atoms with E-state index >= 15 is 4.79 Å². The average molecular weight is 903 g/mol. The van der Waals surface area contributed by atoms with E-state index in [2.05, 4.69) is 44.0 Å². The second-order valence-electron chi connectivity index (χ2n) is 18.6. The number of ketones is 1. The molecule has 1 aliphatic rings. The van der Waals surface area contributed by atoms with Gasteiger partial charge in [-0.05, 0) is 96.0 Å². The minimum Gasteiger partial charge on any atom is -0.489 e. The van der Waals surface area contributed by atoms with Crippen LogP contribution in [0.5, 0.6) is 11.5 Å². The third-order valence-corrected chi connectivity index (χ3v) is 17.4. The first-order valence-electron chi connectivity index (χ1n) is 22.7. The van der Waals surface area contributed by atoms with Crippen LogP contribution in [-0.4, -0.2) is 26.7 Å². The summed E-state index contributed by atoms with van der Waals surface area (Å²) < 4.78 is 40.4. The molecule has 1 aliphatic heterocycles. The van der Waals surface area contributed by atoms with Crippen LogP contribution in [0.1, 0.15) is 73.6 Å². The topological polar surface area (TPSA) is 87.5 Å². The predicted octanol–water partition coefficient (Wildman–Crippen LogP) is 13.4. The lowest BCUT2D eigenvalue weighted by atomic mass is 9.75. The summed E-state index contributed by atoms with van der Waals surface area (Å²) in [7, 11) is -2.43. The SMILES string of the molecule is [C-]#[N+]c1ccc(N[C@H](c2ccc(OCc3ccccc3)cc2OCc2ccccc2)[C@@H](CC[C@H](O[Si](C)(C)C(C)(C)C)c2ccc(F)cc2)C(=O)C2C(=O)OC[C@@H]2Cc2ccccc2)cc1. The number of nitrogens with zero attached hydrogens (tertiary/aromatic N) is 1. The van der Waals surface area contributed by atoms with Crippen molar-refractivity contribution in [3.8, 4) is 11.5 Å². The number of cyclic esters (lactones) is 1. The zero-order chi connectivity index (χ0) is 46.7. The predicted molar refractivity (Wildman–Crippen MR) is 260 cm³/mol. The summed E-state index contributed by atoms with van der Waals surface area (Å²) >= 11 is 0. The number of anilines is 1. The molecule has 7 rings (SSSR count). The van der Waals surface area contributed by atoms with Crippen molar-refractivity contribution in [2.45, 2.75) is 83.5 Å². The second-order valence-corrected chi connectivity index (χ2v) is 23.3. The quantitative estimate of drug-likeness (QED) is 0.0353. The van der Waals surface area contributed by atoms with Crippen molar-refractivity contribution < 1.29 is 32.6 Å². The molecule has 10 heteroatoms. The molecule has 1 N–H and O–H groups in total. The van der Waals surface area contributed by atoms with E-state index in [4.69, 9.17) is 25.2 Å². The summed E-state index contributed by atoms with van der Waals surface area (Å²) in [5.74, 6) is -2.35. The van der Waals surface area contributed by atoms with Crippen LogP contribution in [0.3, 0.4) is 0 Å². The van der Waals surface area contributed by atoms with Crippen LogP contribution in [-0.2, 0) is 38.4 Å². The number of esters is 1. The van der Waals surface area contributed by atoms with Crippen molar-refractivity contribution in [3.63, 3.8) is 0 Å². The zero-order valence-electron chi connectivity index (χ0n) is 38.4. The number of halogens is 1. The van der Waals surface area contributed by atoms with Gasteiger partial charge in [-0.25, -0.2) is 9.24 Å². The highest BCUT2D eigenvalue weighted by atomic mass is 28.4. The second kappa shape index (κ2) is 21.6. The Morgan fingerprint density at radius 3 is 1.97 bits per heavy atom. The molecule has 0 amide bonds. The molecule has 6 aromatic carbocycles. The number of ether oxygens (including phenoxy) is 3. The van der Waals surface area contributed by atoms with Gasteiger partial charge >= 0.3 is 5.97 Å². The molecule has 1 fully saturated rings. The van der Waals surface area contributed by atoms with Gasteiger partial charge in [0.25, 0.3) is 0 Å². The average Bonchev–Trinajstić information content (AvgIpc) is 3.69. The third-order valence-electron chi connectivity index (χ3n) is 12.9. The van der Waals surface area contributed by atoms with Gasteiger partial charge in [0.2, 0.25) is 0 Å². The van der Waals surface area contributed by atoms with Crippen LogP contribution in [0.25, 0.3) is 4.85 Å². The highest BCUT2D eigenvalue weighted by Crippen LogP contribution is 2.45. The Labute approximate surface area is 390 Å². The third kappa shape index (κ3) is 12.2. The van der Waals surface area contributed by atoms with Gasteiger partial charge < -0.3 is 24.0 Å². The maximum absolute atomic E-state index is 15.8. The smallest absolute Gasteiger partial charge is 0.316 e. The first-order valence-corrected chi connectivity index (χ1v) is 25.6. The summed E-state index contributed by atoms with van der Waals surface area (Å²) in [6.45, 7) is 19.2. The van der Waals surface area contributed by atoms with Crippen molar-refractivity contribution >= 4 is 31.4 Å². The molecule has 0 aliphatic carbocycles. The fourth-order valence-corrected chi connectivity index (χ4v) is 9.54. The molecule has 0 spiro atoms. The Bertz CT molecular complexity index is 2560. The molecule has 0 aromatic heterocycles. The van der Waals surface area contributed by atoms with Crippen molar-refractivity contribution in [1.82, 2.24) is 0 Å². The maximum atomic E-state index is 15.8. The summed E-state index contributed by atoms with van der Waals surface area (Å²) in [5.41, 5.74) is 5.59. The van der Waals surface area contributed by atoms with Gasteiger partial charge in [0.05, 0.1) is 25.3 Å². The summed E-state index contributed by atoms with van der Waals surface area (Å²) in [6, 6.07) is 48.1. The molecular weight excluding hydrogens is 844 g/mol. The molecule has 0 saturated carbocycles. The standard InChI is InChI=1S/C56H59FN2O6Si/c1-56(2,3)66(5,6)65-50(42-22-24-44(57)25-23-42)33-32-49(54(60)52-43(38-64-55(52)61)34-39-16-10-7-11-17-39)53(59-46-28-26-45(58-4)27-29-46)48-31-30-47(62-36-40-18-12-8-13-19-40)35-51(48)63-37-41-20-14-9-15-21-41/h7-31,35,43,49-50,52-53,59H,32-34,36-38H2,1-3,5-6H3/t43-,49+,50-,52?,53+/m0/s1. The number of nitrogens with one attached hydrogen (secondary N) is 1. The normalized spacial score (nSPS) is 16.3. The van der Waals surface area contributed by atoms with E-state index in [0.29, 0.717) is 47.9 Å². The molecule has 6 aromatic rings. The van der Waals surface area contributed by atoms with Crippen LogP contribution >= 0.6 is 0 Å². The van der Waals surface area contributed by atoms with Gasteiger partial charge in [0.15, 0.2) is 19.8 Å². The van der Waals surface area contributed by atoms with E-state index in [9.17, 15) is 9.18 Å². The molecule has 66 heavy (non-hydrogen) atoms. The molecule has 0 radical (unpaired) electrons. The van der Waals surface area contributed by atoms with Crippen molar-refractivity contribution in [2.75, 3.05) is 11.9 Å². The van der Waals surface area contributed by atoms with Crippen LogP contribution in [0.15, 0.2) is 158 Å². The van der Waals surface area contributed by atoms with E-state index in [-0.39, 0.29) is 36.3 Å². The maximum Gasteiger partial charge on any atom is 0.316 e. The highest BCUT2D eigenvalue weighted by molar-refractivity contribution is 6.74. The number of carbonyl (C=O) groups is 2. The molecule has 1 heterocycles. The van der Waals surface area contributed by atoms with Crippen molar-refractivity contribution in [3.05, 3.63) is 203 Å². The van der Waals surface area contributed by atoms with Gasteiger partial charge in [-0.15, -0.1) is 0 Å². The Hall–Kier alpha value is -6.54. The minimum atomic E-state index is -2.43. The molecule has 5 atom stereocenters. The summed E-state index contributed by atoms with van der Waals surface area (Å²) in [4.78, 5) is 33.4. The lowest BCUT2D eigenvalue weighted by Crippen LogP contribution is -2.42. The lowest BCUT2D eigenvalue weighted by molar-refractivity contribution is -0.146. The molecule has 1 saturated heterocycles. The fraction of sp³-hybridized carbons (Fsp3) is 0.304. The molecule has 1 unspecified atom stereocenters. The monoisotopic (exact) mass is 902 g/mol. The van der Waals surface area contributed by atoms with E-state index in [1.165, 1.54) is 12.1 Å². The Balaban J connectivity index is 1.36. The lowest BCUT2D eigenvalue weighted by Gasteiger charge is -2.40. The number of rotatable bonds is 20. The first-order chi connectivity index (χ1) is 31.8. The van der Waals surface area contributed by atoms with E-state index < -0.39 is 44.2 Å². The Kier molecular flexibility index (Phi) is 15.5. The first kappa shape index (κ1) is 47.4. The summed E-state index contributed by atoms with van der Waals surface area (Å²) in [5, 5.41) is 3.57. The van der Waals surface area contributed by atoms with Gasteiger partial charge in [-0.1, -0.05) is 136 Å². The van der Waals surface area contributed by atoms with Crippen LogP contribution in [0, 0.1) is 30.1 Å². The molecule has 8 nitrogen and oxygen atoms in total. The highest BCUT2D eigenvalue weighted by Gasteiger charge is 2.47. The van der Waals surface area contributed by atoms with E-state index in [1.54, 1.807) is 24.3 Å². The number of Topliss-reactive ketones (excluding diaryl/α,β-unsaturated/α-hetero) is 1. The van der Waals surface area contributed by atoms with Crippen LogP contribution < -0.4 is 14.8 Å². The minimum absolute atomic E-state index is 0.124. The summed E-state index contributed by atoms with van der Waals surface area (Å²) in [6.07, 6.45) is 0.655.